The third kappa shape index (κ3) is 4.58. The number of fused-ring (bicyclic) bond motifs is 1. The summed E-state index contributed by atoms with van der Waals surface area (Å²) in [6.45, 7) is 5.55. The van der Waals surface area contributed by atoms with Gasteiger partial charge < -0.3 is 14.7 Å². The molecule has 1 amide bonds. The molecule has 2 aromatic heterocycles. The van der Waals surface area contributed by atoms with E-state index in [1.165, 1.54) is 23.1 Å². The first-order chi connectivity index (χ1) is 17.9. The smallest absolute Gasteiger partial charge is 0.295 e. The first-order valence-corrected chi connectivity index (χ1v) is 12.1. The molecule has 5 rings (SSSR count). The van der Waals surface area contributed by atoms with Gasteiger partial charge in [-0.05, 0) is 31.0 Å². The molecule has 0 radical (unpaired) electrons. The number of aryl methyl sites for hydroxylation is 1. The van der Waals surface area contributed by atoms with E-state index in [9.17, 15) is 24.8 Å². The van der Waals surface area contributed by atoms with E-state index in [-0.39, 0.29) is 23.6 Å². The van der Waals surface area contributed by atoms with Crippen molar-refractivity contribution in [3.8, 4) is 0 Å². The normalized spacial score (nSPS) is 20.1. The molecule has 3 aromatic rings. The van der Waals surface area contributed by atoms with Gasteiger partial charge >= 0.3 is 0 Å². The number of nitrogens with zero attached hydrogens (tertiary/aromatic N) is 5. The minimum absolute atomic E-state index is 0.106. The molecule has 0 aliphatic carbocycles. The number of benzene rings is 1. The molecule has 192 valence electrons. The van der Waals surface area contributed by atoms with Gasteiger partial charge in [0.25, 0.3) is 17.4 Å². The van der Waals surface area contributed by atoms with E-state index in [4.69, 9.17) is 4.74 Å². The topological polar surface area (TPSA) is 131 Å². The van der Waals surface area contributed by atoms with Crippen molar-refractivity contribution in [2.24, 2.45) is 0 Å². The van der Waals surface area contributed by atoms with Crippen LogP contribution in [0.15, 0.2) is 54.2 Å². The minimum atomic E-state index is -0.974. The Morgan fingerprint density at radius 3 is 2.70 bits per heavy atom. The number of aliphatic hydroxyl groups excluding tert-OH is 1. The largest absolute Gasteiger partial charge is 0.505 e. The lowest BCUT2D eigenvalue weighted by molar-refractivity contribution is -0.384. The predicted molar refractivity (Wildman–Crippen MR) is 134 cm³/mol. The van der Waals surface area contributed by atoms with Crippen molar-refractivity contribution < 1.29 is 24.4 Å². The predicted octanol–water partition coefficient (Wildman–Crippen LogP) is 2.69. The average Bonchev–Trinajstić information content (AvgIpc) is 3.37. The monoisotopic (exact) mass is 505 g/mol. The van der Waals surface area contributed by atoms with Crippen molar-refractivity contribution in [3.63, 3.8) is 0 Å². The number of aromatic nitrogens is 2. The molecule has 0 unspecified atom stereocenters. The molecule has 1 atom stereocenters. The highest BCUT2D eigenvalue weighted by Gasteiger charge is 2.46. The van der Waals surface area contributed by atoms with Crippen LogP contribution in [0.25, 0.3) is 11.4 Å². The number of morpholine rings is 1. The lowest BCUT2D eigenvalue weighted by Crippen LogP contribution is -2.39. The summed E-state index contributed by atoms with van der Waals surface area (Å²) >= 11 is 0. The number of aliphatic hydroxyl groups is 1. The number of hydrogen-bond acceptors (Lipinski definition) is 8. The lowest BCUT2D eigenvalue weighted by atomic mass is 9.96. The van der Waals surface area contributed by atoms with Crippen LogP contribution in [0.5, 0.6) is 0 Å². The van der Waals surface area contributed by atoms with Crippen LogP contribution in [0.2, 0.25) is 0 Å². The van der Waals surface area contributed by atoms with Crippen molar-refractivity contribution in [2.75, 3.05) is 39.4 Å². The van der Waals surface area contributed by atoms with Crippen molar-refractivity contribution >= 4 is 28.8 Å². The Kier molecular flexibility index (Phi) is 6.72. The molecule has 2 fully saturated rings. The number of ether oxygens (including phenoxy) is 1. The number of nitro benzene ring substituents is 1. The zero-order valence-corrected chi connectivity index (χ0v) is 20.4. The van der Waals surface area contributed by atoms with E-state index >= 15 is 0 Å². The van der Waals surface area contributed by atoms with Crippen molar-refractivity contribution in [3.05, 3.63) is 81.3 Å². The van der Waals surface area contributed by atoms with Crippen LogP contribution >= 0.6 is 0 Å². The Labute approximate surface area is 212 Å². The maximum Gasteiger partial charge on any atom is 0.295 e. The lowest BCUT2D eigenvalue weighted by Gasteiger charge is -2.29. The van der Waals surface area contributed by atoms with Crippen molar-refractivity contribution in [1.82, 2.24) is 19.2 Å². The SMILES string of the molecule is Cc1nc2ccccn2c1/C(O)=C1\C(=O)C(=O)N(CCCN2CCOCC2)[C@@H]1c1cccc([N+](=O)[O-])c1. The standard InChI is InChI=1S/C26H27N5O6/c1-17-22(29-10-3-2-8-20(29)27-17)24(32)21-23(18-6-4-7-19(16-18)31(35)36)30(26(34)25(21)33)11-5-9-28-12-14-37-15-13-28/h2-4,6-8,10,16,23,32H,5,9,11-15H2,1H3/b24-21+/t23-/m1/s1. The molecule has 11 nitrogen and oxygen atoms in total. The Bertz CT molecular complexity index is 1410. The molecule has 2 aliphatic heterocycles. The molecule has 1 aromatic carbocycles. The van der Waals surface area contributed by atoms with Crippen LogP contribution in [-0.4, -0.2) is 80.3 Å². The summed E-state index contributed by atoms with van der Waals surface area (Å²) in [6, 6.07) is 10.2. The second-order valence-corrected chi connectivity index (χ2v) is 9.13. The molecule has 1 N–H and O–H groups in total. The highest BCUT2D eigenvalue weighted by Crippen LogP contribution is 2.40. The van der Waals surface area contributed by atoms with Gasteiger partial charge in [0.1, 0.15) is 11.3 Å². The van der Waals surface area contributed by atoms with Gasteiger partial charge in [-0.25, -0.2) is 4.98 Å². The Balaban J connectivity index is 1.58. The third-order valence-electron chi connectivity index (χ3n) is 6.84. The number of carbonyl (C=O) groups excluding carboxylic acids is 2. The molecular formula is C26H27N5O6. The van der Waals surface area contributed by atoms with Crippen LogP contribution in [0.1, 0.15) is 29.4 Å². The Morgan fingerprint density at radius 2 is 1.95 bits per heavy atom. The molecule has 0 spiro atoms. The molecule has 4 heterocycles. The van der Waals surface area contributed by atoms with Gasteiger partial charge in [0.05, 0.1) is 35.4 Å². The van der Waals surface area contributed by atoms with Gasteiger partial charge in [-0.15, -0.1) is 0 Å². The molecular weight excluding hydrogens is 478 g/mol. The molecule has 2 aliphatic rings. The van der Waals surface area contributed by atoms with Crippen LogP contribution in [0.3, 0.4) is 0 Å². The van der Waals surface area contributed by atoms with Gasteiger partial charge in [0.2, 0.25) is 0 Å². The number of nitro groups is 1. The highest BCUT2D eigenvalue weighted by molar-refractivity contribution is 6.46. The van der Waals surface area contributed by atoms with Crippen LogP contribution in [0.4, 0.5) is 5.69 Å². The second kappa shape index (κ2) is 10.1. The maximum absolute atomic E-state index is 13.4. The Hall–Kier alpha value is -4.09. The number of rotatable bonds is 7. The summed E-state index contributed by atoms with van der Waals surface area (Å²) in [7, 11) is 0. The number of carbonyl (C=O) groups is 2. The summed E-state index contributed by atoms with van der Waals surface area (Å²) in [4.78, 5) is 45.7. The van der Waals surface area contributed by atoms with E-state index in [0.717, 1.165) is 13.1 Å². The van der Waals surface area contributed by atoms with Gasteiger partial charge in [-0.1, -0.05) is 18.2 Å². The van der Waals surface area contributed by atoms with Gasteiger partial charge in [-0.2, -0.15) is 0 Å². The summed E-state index contributed by atoms with van der Waals surface area (Å²) < 4.78 is 7.04. The van der Waals surface area contributed by atoms with Crippen LogP contribution in [-0.2, 0) is 14.3 Å². The fraction of sp³-hybridized carbons (Fsp3) is 0.346. The first kappa shape index (κ1) is 24.6. The zero-order valence-electron chi connectivity index (χ0n) is 20.4. The summed E-state index contributed by atoms with van der Waals surface area (Å²) in [5.74, 6) is -1.93. The Morgan fingerprint density at radius 1 is 1.16 bits per heavy atom. The molecule has 37 heavy (non-hydrogen) atoms. The summed E-state index contributed by atoms with van der Waals surface area (Å²) in [5, 5.41) is 23.0. The molecule has 0 saturated carbocycles. The number of ketones is 1. The average molecular weight is 506 g/mol. The van der Waals surface area contributed by atoms with E-state index < -0.39 is 22.7 Å². The number of imidazole rings is 1. The molecule has 11 heteroatoms. The highest BCUT2D eigenvalue weighted by atomic mass is 16.6. The number of amides is 1. The van der Waals surface area contributed by atoms with E-state index in [1.807, 2.05) is 6.07 Å². The number of hydrogen-bond donors (Lipinski definition) is 1. The summed E-state index contributed by atoms with van der Waals surface area (Å²) in [6.07, 6.45) is 2.30. The summed E-state index contributed by atoms with van der Waals surface area (Å²) in [5.41, 5.74) is 1.48. The number of pyridine rings is 1. The quantitative estimate of drug-likeness (QED) is 0.171. The maximum atomic E-state index is 13.4. The number of Topliss-reactive ketones (excluding diaryl/α,β-unsaturated/α-hetero) is 1. The van der Waals surface area contributed by atoms with Gasteiger partial charge in [0.15, 0.2) is 5.76 Å². The molecule has 0 bridgehead atoms. The first-order valence-electron chi connectivity index (χ1n) is 12.1. The minimum Gasteiger partial charge on any atom is -0.505 e. The number of non-ortho nitro benzene ring substituents is 1. The van der Waals surface area contributed by atoms with Crippen molar-refractivity contribution in [1.29, 1.82) is 0 Å². The second-order valence-electron chi connectivity index (χ2n) is 9.13. The zero-order chi connectivity index (χ0) is 26.1. The van der Waals surface area contributed by atoms with E-state index in [0.29, 0.717) is 48.8 Å². The van der Waals surface area contributed by atoms with Gasteiger partial charge in [-0.3, -0.25) is 29.0 Å². The van der Waals surface area contributed by atoms with Gasteiger partial charge in [0, 0.05) is 44.5 Å². The fourth-order valence-electron chi connectivity index (χ4n) is 5.08. The fourth-order valence-corrected chi connectivity index (χ4v) is 5.08. The van der Waals surface area contributed by atoms with Crippen molar-refractivity contribution in [2.45, 2.75) is 19.4 Å². The number of likely N-dealkylation sites (tertiary alicyclic amines) is 1. The molecule has 2 saturated heterocycles. The van der Waals surface area contributed by atoms with E-state index in [1.54, 1.807) is 35.7 Å². The van der Waals surface area contributed by atoms with E-state index in [2.05, 4.69) is 9.88 Å². The van der Waals surface area contributed by atoms with Crippen LogP contribution < -0.4 is 0 Å². The van der Waals surface area contributed by atoms with Crippen LogP contribution in [0, 0.1) is 17.0 Å². The third-order valence-corrected chi connectivity index (χ3v) is 6.84.